The molecule has 0 bridgehead atoms. The molecule has 2 aliphatic heterocycles. The number of piperidine rings is 2. The molecule has 2 saturated heterocycles. The molecule has 0 amide bonds. The van der Waals surface area contributed by atoms with Gasteiger partial charge in [0, 0.05) is 24.2 Å². The van der Waals surface area contributed by atoms with E-state index in [1.54, 1.807) is 24.3 Å². The quantitative estimate of drug-likeness (QED) is 0.223. The van der Waals surface area contributed by atoms with Crippen molar-refractivity contribution in [3.8, 4) is 22.5 Å². The lowest BCUT2D eigenvalue weighted by Gasteiger charge is -2.32. The number of nitrogens with one attached hydrogen (secondary N) is 2. The minimum atomic E-state index is -3.77. The van der Waals surface area contributed by atoms with Crippen LogP contribution in [0.4, 0.5) is 0 Å². The summed E-state index contributed by atoms with van der Waals surface area (Å²) in [7, 11) is -7.53. The standard InChI is InChI=1S/2C17H18N6O2S/c2*24-26(25,23-12-5-4-10-15(23)17-19-21-22-20-17)16-11-6-9-14(18-16)13-7-2-1-3-8-13/h2*1-3,6-9,11,15H,4-5,10,12H2,(H,19,20,21,22)/t2*15-/m10/s1. The van der Waals surface area contributed by atoms with Crippen molar-refractivity contribution in [1.82, 2.24) is 59.8 Å². The third-order valence-electron chi connectivity index (χ3n) is 8.96. The van der Waals surface area contributed by atoms with Crippen LogP contribution >= 0.6 is 0 Å². The van der Waals surface area contributed by atoms with Crippen molar-refractivity contribution in [2.75, 3.05) is 13.1 Å². The number of aromatic nitrogens is 10. The summed E-state index contributed by atoms with van der Waals surface area (Å²) in [6.07, 6.45) is 4.76. The molecular formula is C34H36N12O4S2. The third-order valence-corrected chi connectivity index (χ3v) is 12.6. The number of aromatic amines is 2. The summed E-state index contributed by atoms with van der Waals surface area (Å²) in [5.74, 6) is 0.792. The van der Waals surface area contributed by atoms with Gasteiger partial charge in [0.25, 0.3) is 20.0 Å². The zero-order chi connectivity index (χ0) is 36.0. The van der Waals surface area contributed by atoms with E-state index in [1.807, 2.05) is 60.7 Å². The Hall–Kier alpha value is -5.30. The lowest BCUT2D eigenvalue weighted by atomic mass is 10.0. The number of sulfonamides is 2. The molecule has 6 aromatic rings. The van der Waals surface area contributed by atoms with Crippen LogP contribution in [0, 0.1) is 0 Å². The van der Waals surface area contributed by atoms with E-state index in [1.165, 1.54) is 20.7 Å². The fraction of sp³-hybridized carbons (Fsp3) is 0.294. The predicted octanol–water partition coefficient (Wildman–Crippen LogP) is 4.36. The summed E-state index contributed by atoms with van der Waals surface area (Å²) in [4.78, 5) is 8.82. The van der Waals surface area contributed by atoms with Gasteiger partial charge in [0.05, 0.1) is 23.5 Å². The first-order valence-electron chi connectivity index (χ1n) is 16.9. The smallest absolute Gasteiger partial charge is 0.235 e. The third kappa shape index (κ3) is 7.50. The van der Waals surface area contributed by atoms with Crippen LogP contribution in [0.15, 0.2) is 107 Å². The zero-order valence-electron chi connectivity index (χ0n) is 28.0. The Kier molecular flexibility index (Phi) is 10.5. The van der Waals surface area contributed by atoms with E-state index in [4.69, 9.17) is 0 Å². The van der Waals surface area contributed by atoms with Crippen molar-refractivity contribution in [3.05, 3.63) is 109 Å². The number of benzene rings is 2. The van der Waals surface area contributed by atoms with Gasteiger partial charge in [-0.2, -0.15) is 19.0 Å². The van der Waals surface area contributed by atoms with Crippen LogP contribution < -0.4 is 0 Å². The highest BCUT2D eigenvalue weighted by Gasteiger charge is 2.38. The number of nitrogens with zero attached hydrogens (tertiary/aromatic N) is 10. The first-order chi connectivity index (χ1) is 25.3. The number of pyridine rings is 2. The monoisotopic (exact) mass is 740 g/mol. The molecule has 16 nitrogen and oxygen atoms in total. The van der Waals surface area contributed by atoms with Crippen LogP contribution in [-0.4, -0.2) is 89.8 Å². The van der Waals surface area contributed by atoms with E-state index in [2.05, 4.69) is 51.2 Å². The second-order valence-corrected chi connectivity index (χ2v) is 15.9. The molecule has 0 spiro atoms. The molecule has 8 rings (SSSR count). The summed E-state index contributed by atoms with van der Waals surface area (Å²) in [5, 5.41) is 28.0. The minimum Gasteiger partial charge on any atom is -0.235 e. The fourth-order valence-corrected chi connectivity index (χ4v) is 9.64. The Bertz CT molecular complexity index is 2110. The van der Waals surface area contributed by atoms with Crippen LogP contribution in [-0.2, 0) is 20.0 Å². The van der Waals surface area contributed by atoms with E-state index in [0.717, 1.165) is 36.8 Å². The minimum absolute atomic E-state index is 0.0363. The van der Waals surface area contributed by atoms with Crippen LogP contribution in [0.2, 0.25) is 0 Å². The molecule has 2 atom stereocenters. The highest BCUT2D eigenvalue weighted by Crippen LogP contribution is 2.35. The molecule has 2 N–H and O–H groups in total. The highest BCUT2D eigenvalue weighted by atomic mass is 32.2. The van der Waals surface area contributed by atoms with Gasteiger partial charge in [-0.25, -0.2) is 26.8 Å². The first-order valence-corrected chi connectivity index (χ1v) is 19.8. The molecular weight excluding hydrogens is 705 g/mol. The number of H-pyrrole nitrogens is 2. The average molecular weight is 741 g/mol. The average Bonchev–Trinajstić information content (AvgIpc) is 3.95. The van der Waals surface area contributed by atoms with E-state index in [-0.39, 0.29) is 10.1 Å². The van der Waals surface area contributed by atoms with Crippen molar-refractivity contribution < 1.29 is 16.8 Å². The zero-order valence-corrected chi connectivity index (χ0v) is 29.6. The van der Waals surface area contributed by atoms with Crippen LogP contribution in [0.3, 0.4) is 0 Å². The Morgan fingerprint density at radius 3 is 1.33 bits per heavy atom. The SMILES string of the molecule is O=S(=O)(c1cccc(-c2ccccc2)n1)N1CCCC[C@@H]1c1nn[nH]n1.O=S(=O)(c1cccc(-c2ccccc2)n1)N1CCCC[C@H]1c1nn[nH]n1. The van der Waals surface area contributed by atoms with E-state index in [0.29, 0.717) is 49.0 Å². The van der Waals surface area contributed by atoms with Crippen molar-refractivity contribution in [3.63, 3.8) is 0 Å². The molecule has 0 aliphatic carbocycles. The number of tetrazole rings is 2. The van der Waals surface area contributed by atoms with Gasteiger partial charge in [-0.15, -0.1) is 20.4 Å². The molecule has 2 aromatic carbocycles. The molecule has 4 aromatic heterocycles. The number of hydrogen-bond donors (Lipinski definition) is 2. The Morgan fingerprint density at radius 2 is 0.942 bits per heavy atom. The van der Waals surface area contributed by atoms with Crippen LogP contribution in [0.25, 0.3) is 22.5 Å². The summed E-state index contributed by atoms with van der Waals surface area (Å²) in [6, 6.07) is 28.3. The van der Waals surface area contributed by atoms with Gasteiger partial charge in [-0.3, -0.25) is 0 Å². The normalized spacial score (nSPS) is 18.7. The second-order valence-electron chi connectivity index (χ2n) is 12.2. The van der Waals surface area contributed by atoms with Crippen molar-refractivity contribution in [2.45, 2.75) is 60.7 Å². The van der Waals surface area contributed by atoms with Crippen LogP contribution in [0.5, 0.6) is 0 Å². The molecule has 0 radical (unpaired) electrons. The maximum absolute atomic E-state index is 13.3. The first kappa shape index (κ1) is 35.1. The van der Waals surface area contributed by atoms with Crippen LogP contribution in [0.1, 0.15) is 62.3 Å². The van der Waals surface area contributed by atoms with Gasteiger partial charge in [0.15, 0.2) is 21.7 Å². The molecule has 0 unspecified atom stereocenters. The lowest BCUT2D eigenvalue weighted by Crippen LogP contribution is -2.39. The summed E-state index contributed by atoms with van der Waals surface area (Å²) < 4.78 is 55.9. The van der Waals surface area contributed by atoms with Crippen molar-refractivity contribution in [2.24, 2.45) is 0 Å². The summed E-state index contributed by atoms with van der Waals surface area (Å²) in [6.45, 7) is 0.831. The maximum atomic E-state index is 13.3. The molecule has 268 valence electrons. The predicted molar refractivity (Wildman–Crippen MR) is 189 cm³/mol. The van der Waals surface area contributed by atoms with Gasteiger partial charge in [0.2, 0.25) is 0 Å². The molecule has 52 heavy (non-hydrogen) atoms. The van der Waals surface area contributed by atoms with Gasteiger partial charge >= 0.3 is 0 Å². The molecule has 2 fully saturated rings. The number of hydrogen-bond acceptors (Lipinski definition) is 12. The van der Waals surface area contributed by atoms with Gasteiger partial charge in [0.1, 0.15) is 0 Å². The van der Waals surface area contributed by atoms with E-state index in [9.17, 15) is 16.8 Å². The van der Waals surface area contributed by atoms with Gasteiger partial charge in [-0.1, -0.05) is 96.1 Å². The summed E-state index contributed by atoms with van der Waals surface area (Å²) in [5.41, 5.74) is 3.00. The largest absolute Gasteiger partial charge is 0.261 e. The summed E-state index contributed by atoms with van der Waals surface area (Å²) >= 11 is 0. The van der Waals surface area contributed by atoms with Crippen molar-refractivity contribution >= 4 is 20.0 Å². The Balaban J connectivity index is 0.000000162. The molecule has 18 heteroatoms. The van der Waals surface area contributed by atoms with Crippen molar-refractivity contribution in [1.29, 1.82) is 0 Å². The van der Waals surface area contributed by atoms with Gasteiger partial charge < -0.3 is 0 Å². The highest BCUT2D eigenvalue weighted by molar-refractivity contribution is 7.89. The molecule has 6 heterocycles. The topological polar surface area (TPSA) is 209 Å². The van der Waals surface area contributed by atoms with E-state index < -0.39 is 32.1 Å². The fourth-order valence-electron chi connectivity index (χ4n) is 6.42. The molecule has 2 aliphatic rings. The maximum Gasteiger partial charge on any atom is 0.261 e. The Labute approximate surface area is 300 Å². The number of rotatable bonds is 8. The molecule has 0 saturated carbocycles. The van der Waals surface area contributed by atoms with Gasteiger partial charge in [-0.05, 0) is 49.9 Å². The van der Waals surface area contributed by atoms with E-state index >= 15 is 0 Å². The second kappa shape index (κ2) is 15.5. The Morgan fingerprint density at radius 1 is 0.519 bits per heavy atom. The lowest BCUT2D eigenvalue weighted by molar-refractivity contribution is 0.246.